The normalized spacial score (nSPS) is 17.3. The minimum atomic E-state index is -0.464. The number of para-hydroxylation sites is 1. The average Bonchev–Trinajstić information content (AvgIpc) is 3.82. The molecule has 0 spiro atoms. The monoisotopic (exact) mass is 1100 g/mol. The number of aromatic nitrogens is 1. The Kier molecular flexibility index (Phi) is 23.0. The van der Waals surface area contributed by atoms with E-state index in [1.807, 2.05) is 35.9 Å². The van der Waals surface area contributed by atoms with Crippen LogP contribution < -0.4 is 33.2 Å². The lowest BCUT2D eigenvalue weighted by Crippen LogP contribution is -2.30. The zero-order valence-electron chi connectivity index (χ0n) is 44.7. The first-order chi connectivity index (χ1) is 38.5. The van der Waals surface area contributed by atoms with Crippen molar-refractivity contribution in [1.82, 2.24) is 4.57 Å². The summed E-state index contributed by atoms with van der Waals surface area (Å²) in [7, 11) is 1.90. The lowest BCUT2D eigenvalue weighted by molar-refractivity contribution is -0.145. The topological polar surface area (TPSA) is 206 Å². The molecule has 4 aromatic carbocycles. The first-order valence-electron chi connectivity index (χ1n) is 27.1. The number of benzene rings is 4. The van der Waals surface area contributed by atoms with Gasteiger partial charge in [-0.1, -0.05) is 36.6 Å². The maximum Gasteiger partial charge on any atom is 0.330 e. The molecule has 0 bridgehead atoms. The van der Waals surface area contributed by atoms with Crippen molar-refractivity contribution in [1.29, 1.82) is 0 Å². The van der Waals surface area contributed by atoms with Crippen LogP contribution in [-0.4, -0.2) is 73.0 Å². The van der Waals surface area contributed by atoms with Gasteiger partial charge in [-0.15, -0.1) is 5.10 Å². The second-order valence-electron chi connectivity index (χ2n) is 19.4. The highest BCUT2D eigenvalue weighted by atomic mass is 32.1. The third-order valence-electron chi connectivity index (χ3n) is 13.8. The summed E-state index contributed by atoms with van der Waals surface area (Å²) in [5.41, 5.74) is 1.37. The van der Waals surface area contributed by atoms with Crippen LogP contribution in [0.1, 0.15) is 108 Å². The Morgan fingerprint density at radius 3 is 1.38 bits per heavy atom. The lowest BCUT2D eigenvalue weighted by atomic mass is 9.82. The van der Waals surface area contributed by atoms with Crippen molar-refractivity contribution in [3.63, 3.8) is 0 Å². The van der Waals surface area contributed by atoms with E-state index in [1.165, 1.54) is 17.6 Å². The van der Waals surface area contributed by atoms with Gasteiger partial charge in [-0.2, -0.15) is 5.10 Å². The third-order valence-corrected chi connectivity index (χ3v) is 14.9. The molecule has 2 aliphatic carbocycles. The van der Waals surface area contributed by atoms with Crippen LogP contribution in [0.25, 0.3) is 10.2 Å². The number of aryl methyl sites for hydroxylation is 1. The van der Waals surface area contributed by atoms with E-state index in [0.717, 1.165) is 73.7 Å². The van der Waals surface area contributed by atoms with E-state index in [1.54, 1.807) is 66.7 Å². The van der Waals surface area contributed by atoms with Gasteiger partial charge in [0.25, 0.3) is 0 Å². The number of hydrogen-bond acceptors (Lipinski definition) is 17. The molecule has 418 valence electrons. The zero-order valence-corrected chi connectivity index (χ0v) is 45.5. The molecule has 0 unspecified atom stereocenters. The molecular weight excluding hydrogens is 1030 g/mol. The Balaban J connectivity index is 0.871. The van der Waals surface area contributed by atoms with Gasteiger partial charge in [0.2, 0.25) is 4.80 Å². The van der Waals surface area contributed by atoms with Gasteiger partial charge in [-0.25, -0.2) is 9.59 Å². The highest BCUT2D eigenvalue weighted by Crippen LogP contribution is 2.35. The van der Waals surface area contributed by atoms with Crippen LogP contribution in [0.5, 0.6) is 34.5 Å². The van der Waals surface area contributed by atoms with E-state index in [2.05, 4.69) is 23.4 Å². The van der Waals surface area contributed by atoms with E-state index in [0.29, 0.717) is 111 Å². The second kappa shape index (κ2) is 30.9. The molecule has 2 saturated carbocycles. The average molecular weight is 1100 g/mol. The summed E-state index contributed by atoms with van der Waals surface area (Å²) in [6, 6.07) is 26.4. The van der Waals surface area contributed by atoms with Crippen LogP contribution in [0.15, 0.2) is 127 Å². The molecule has 2 aliphatic rings. The molecule has 0 saturated heterocycles. The molecule has 0 atom stereocenters. The predicted molar refractivity (Wildman–Crippen MR) is 297 cm³/mol. The standard InChI is InChI=1S/C61H69N3O14S/c1-4-55(65)73-38-14-8-6-12-36-71-47-26-30-49(31-27-47)75-57(67)42-18-20-44(21-19-42)59(69)77-51-34-35-53(46(40-51)41-62-63-61-64(3)52-16-10-11-17-54(52)79-61)78-60(70)45-24-22-43(23-25-45)58(68)76-50-32-28-48(29-33-50)72-37-13-7-9-15-39-74-56(66)5-2/h4-5,10-11,16-17,26-35,40-45H,1-2,6-9,12-15,18-25,36-39H2,3H3/b62-41+,63-61-/t42-,43-,44-,45-. The van der Waals surface area contributed by atoms with Crippen LogP contribution in [0.3, 0.4) is 0 Å². The Bertz CT molecular complexity index is 2970. The van der Waals surface area contributed by atoms with E-state index < -0.39 is 35.7 Å². The molecule has 7 rings (SSSR count). The maximum absolute atomic E-state index is 13.7. The van der Waals surface area contributed by atoms with Gasteiger partial charge in [0.15, 0.2) is 0 Å². The second-order valence-corrected chi connectivity index (χ2v) is 20.5. The molecule has 18 heteroatoms. The Hall–Kier alpha value is -7.86. The molecule has 2 fully saturated rings. The molecule has 0 aliphatic heterocycles. The van der Waals surface area contributed by atoms with E-state index >= 15 is 0 Å². The van der Waals surface area contributed by atoms with Crippen LogP contribution in [0, 0.1) is 23.7 Å². The van der Waals surface area contributed by atoms with Gasteiger partial charge in [0.05, 0.1) is 66.5 Å². The summed E-state index contributed by atoms with van der Waals surface area (Å²) < 4.78 is 47.9. The largest absolute Gasteiger partial charge is 0.494 e. The number of carbonyl (C=O) groups excluding carboxylic acids is 6. The number of carbonyl (C=O) groups is 6. The zero-order chi connectivity index (χ0) is 55.8. The summed E-state index contributed by atoms with van der Waals surface area (Å²) in [4.78, 5) is 76.6. The fourth-order valence-corrected chi connectivity index (χ4v) is 10.2. The minimum absolute atomic E-state index is 0.206. The third kappa shape index (κ3) is 18.7. The molecular formula is C61H69N3O14S. The number of nitrogens with zero attached hydrogens (tertiary/aromatic N) is 3. The molecule has 0 amide bonds. The van der Waals surface area contributed by atoms with Gasteiger partial charge < -0.3 is 42.5 Å². The molecule has 0 radical (unpaired) electrons. The number of hydrogen-bond donors (Lipinski definition) is 0. The quantitative estimate of drug-likeness (QED) is 0.0114. The summed E-state index contributed by atoms with van der Waals surface area (Å²) in [5, 5.41) is 8.84. The maximum atomic E-state index is 13.7. The Morgan fingerprint density at radius 2 is 0.924 bits per heavy atom. The van der Waals surface area contributed by atoms with Crippen molar-refractivity contribution >= 4 is 63.6 Å². The van der Waals surface area contributed by atoms with Gasteiger partial charge in [0, 0.05) is 24.8 Å². The highest BCUT2D eigenvalue weighted by molar-refractivity contribution is 7.16. The summed E-state index contributed by atoms with van der Waals surface area (Å²) in [5.74, 6) is -1.52. The molecule has 5 aromatic rings. The van der Waals surface area contributed by atoms with Crippen molar-refractivity contribution in [3.8, 4) is 34.5 Å². The molecule has 79 heavy (non-hydrogen) atoms. The number of unbranched alkanes of at least 4 members (excludes halogenated alkanes) is 6. The fourth-order valence-electron chi connectivity index (χ4n) is 9.19. The number of thiazole rings is 1. The van der Waals surface area contributed by atoms with Gasteiger partial charge in [-0.3, -0.25) is 19.2 Å². The highest BCUT2D eigenvalue weighted by Gasteiger charge is 2.34. The molecule has 1 heterocycles. The molecule has 1 aromatic heterocycles. The van der Waals surface area contributed by atoms with Crippen LogP contribution in [-0.2, 0) is 45.3 Å². The fraction of sp³-hybridized carbons (Fsp3) is 0.410. The SMILES string of the molecule is C=CC(=O)OCCCCCCOc1ccc(OC(=O)[C@H]2CC[C@H](C(=O)Oc3ccc(OC(=O)[C@H]4CC[C@H](C(=O)Oc5ccc(OCCCCCCOC(=O)C=C)cc5)CC4)c(/C=N/N=c4\sc5ccccc5n4C)c3)CC2)cc1. The number of rotatable bonds is 28. The number of ether oxygens (including phenoxy) is 8. The summed E-state index contributed by atoms with van der Waals surface area (Å²) in [6.45, 7) is 8.57. The van der Waals surface area contributed by atoms with Crippen molar-refractivity contribution in [2.75, 3.05) is 26.4 Å². The first kappa shape index (κ1) is 58.8. The van der Waals surface area contributed by atoms with Crippen molar-refractivity contribution in [3.05, 3.63) is 127 Å². The van der Waals surface area contributed by atoms with E-state index in [-0.39, 0.29) is 35.3 Å². The summed E-state index contributed by atoms with van der Waals surface area (Å²) >= 11 is 1.47. The number of fused-ring (bicyclic) bond motifs is 1. The lowest BCUT2D eigenvalue weighted by Gasteiger charge is -2.26. The number of esters is 6. The van der Waals surface area contributed by atoms with Gasteiger partial charge in [0.1, 0.15) is 34.5 Å². The van der Waals surface area contributed by atoms with Gasteiger partial charge in [-0.05, 0) is 182 Å². The Labute approximate surface area is 464 Å². The van der Waals surface area contributed by atoms with Gasteiger partial charge >= 0.3 is 35.8 Å². The van der Waals surface area contributed by atoms with Crippen LogP contribution in [0.2, 0.25) is 0 Å². The van der Waals surface area contributed by atoms with Crippen LogP contribution >= 0.6 is 11.3 Å². The Morgan fingerprint density at radius 1 is 0.519 bits per heavy atom. The molecule has 17 nitrogen and oxygen atoms in total. The minimum Gasteiger partial charge on any atom is -0.494 e. The summed E-state index contributed by atoms with van der Waals surface area (Å²) in [6.07, 6.45) is 14.2. The molecule has 0 N–H and O–H groups in total. The van der Waals surface area contributed by atoms with Crippen LogP contribution in [0.4, 0.5) is 0 Å². The van der Waals surface area contributed by atoms with Crippen molar-refractivity contribution in [2.24, 2.45) is 40.9 Å². The van der Waals surface area contributed by atoms with E-state index in [9.17, 15) is 28.8 Å². The van der Waals surface area contributed by atoms with Crippen molar-refractivity contribution in [2.45, 2.75) is 103 Å². The van der Waals surface area contributed by atoms with Crippen molar-refractivity contribution < 1.29 is 66.7 Å². The van der Waals surface area contributed by atoms with E-state index in [4.69, 9.17) is 37.9 Å². The smallest absolute Gasteiger partial charge is 0.330 e. The first-order valence-corrected chi connectivity index (χ1v) is 27.9. The predicted octanol–water partition coefficient (Wildman–Crippen LogP) is 11.1.